The van der Waals surface area contributed by atoms with Crippen LogP contribution in [-0.4, -0.2) is 29.9 Å². The molecule has 6 nitrogen and oxygen atoms in total. The topological polar surface area (TPSA) is 83.1 Å². The summed E-state index contributed by atoms with van der Waals surface area (Å²) in [6, 6.07) is 15.5. The Kier molecular flexibility index (Phi) is 5.72. The van der Waals surface area contributed by atoms with Crippen molar-refractivity contribution in [3.8, 4) is 21.7 Å². The lowest BCUT2D eigenvalue weighted by Gasteiger charge is -2.08. The molecule has 184 valence electrons. The van der Waals surface area contributed by atoms with Gasteiger partial charge < -0.3 is 9.97 Å². The average molecular weight is 505 g/mol. The lowest BCUT2D eigenvalue weighted by molar-refractivity contribution is 0.799. The van der Waals surface area contributed by atoms with Gasteiger partial charge in [0, 0.05) is 33.8 Å². The van der Waals surface area contributed by atoms with E-state index in [4.69, 9.17) is 9.97 Å². The van der Waals surface area contributed by atoms with E-state index < -0.39 is 0 Å². The number of imidazole rings is 2. The fourth-order valence-corrected chi connectivity index (χ4v) is 5.83. The molecule has 0 aliphatic carbocycles. The maximum Gasteiger partial charge on any atom is 0.115 e. The summed E-state index contributed by atoms with van der Waals surface area (Å²) in [5.74, 6) is 2.20. The fourth-order valence-electron chi connectivity index (χ4n) is 4.77. The van der Waals surface area contributed by atoms with Gasteiger partial charge in [-0.1, -0.05) is 52.0 Å². The number of fused-ring (bicyclic) bond motifs is 7. The van der Waals surface area contributed by atoms with Gasteiger partial charge in [-0.25, -0.2) is 9.97 Å². The third-order valence-corrected chi connectivity index (χ3v) is 7.69. The van der Waals surface area contributed by atoms with E-state index in [0.29, 0.717) is 5.92 Å². The second kappa shape index (κ2) is 9.09. The van der Waals surface area contributed by atoms with Crippen LogP contribution in [-0.2, 0) is 0 Å². The molecule has 0 unspecified atom stereocenters. The zero-order valence-corrected chi connectivity index (χ0v) is 22.4. The van der Waals surface area contributed by atoms with Gasteiger partial charge >= 0.3 is 0 Å². The first kappa shape index (κ1) is 23.3. The van der Waals surface area contributed by atoms with Crippen molar-refractivity contribution in [1.82, 2.24) is 29.9 Å². The molecule has 4 heterocycles. The molecule has 2 N–H and O–H groups in total. The van der Waals surface area contributed by atoms with Gasteiger partial charge in [0.25, 0.3) is 0 Å². The minimum atomic E-state index is 0.302. The highest BCUT2D eigenvalue weighted by atomic mass is 32.1. The van der Waals surface area contributed by atoms with Crippen LogP contribution < -0.4 is 0 Å². The van der Waals surface area contributed by atoms with E-state index in [1.807, 2.05) is 27.0 Å². The number of H-pyrrole nitrogens is 2. The number of aromatic nitrogens is 6. The minimum Gasteiger partial charge on any atom is -0.342 e. The summed E-state index contributed by atoms with van der Waals surface area (Å²) in [6.07, 6.45) is 5.41. The predicted molar refractivity (Wildman–Crippen MR) is 155 cm³/mol. The quantitative estimate of drug-likeness (QED) is 0.237. The molecule has 0 aliphatic heterocycles. The normalized spacial score (nSPS) is 11.6. The molecular formula is C30H28N6S. The highest BCUT2D eigenvalue weighted by molar-refractivity contribution is 7.22. The molecule has 0 spiro atoms. The zero-order valence-electron chi connectivity index (χ0n) is 21.5. The Labute approximate surface area is 218 Å². The van der Waals surface area contributed by atoms with Crippen molar-refractivity contribution in [3.63, 3.8) is 0 Å². The number of benzene rings is 3. The van der Waals surface area contributed by atoms with Crippen molar-refractivity contribution in [3.05, 3.63) is 72.7 Å². The molecule has 0 radical (unpaired) electrons. The molecule has 0 saturated carbocycles. The molecular weight excluding hydrogens is 476 g/mol. The van der Waals surface area contributed by atoms with Gasteiger partial charge in [0.2, 0.25) is 0 Å². The maximum absolute atomic E-state index is 4.94. The van der Waals surface area contributed by atoms with Crippen molar-refractivity contribution in [1.29, 1.82) is 0 Å². The molecule has 0 atom stereocenters. The lowest BCUT2D eigenvalue weighted by atomic mass is 9.99. The molecule has 0 amide bonds. The van der Waals surface area contributed by atoms with Crippen LogP contribution in [0.4, 0.5) is 0 Å². The molecule has 0 saturated heterocycles. The van der Waals surface area contributed by atoms with E-state index in [-0.39, 0.29) is 0 Å². The third-order valence-electron chi connectivity index (χ3n) is 6.56. The molecule has 0 bridgehead atoms. The number of aromatic amines is 2. The highest BCUT2D eigenvalue weighted by Crippen LogP contribution is 2.38. The van der Waals surface area contributed by atoms with Crippen LogP contribution in [0.5, 0.6) is 0 Å². The Morgan fingerprint density at radius 2 is 1.54 bits per heavy atom. The molecule has 37 heavy (non-hydrogen) atoms. The summed E-state index contributed by atoms with van der Waals surface area (Å²) >= 11 is 1.78. The maximum atomic E-state index is 4.94. The Morgan fingerprint density at radius 3 is 2.30 bits per heavy atom. The summed E-state index contributed by atoms with van der Waals surface area (Å²) in [4.78, 5) is 26.7. The van der Waals surface area contributed by atoms with Gasteiger partial charge in [0.1, 0.15) is 17.2 Å². The number of hydrogen-bond acceptors (Lipinski definition) is 5. The molecule has 3 aromatic carbocycles. The summed E-state index contributed by atoms with van der Waals surface area (Å²) in [6.45, 7) is 10.3. The lowest BCUT2D eigenvalue weighted by Crippen LogP contribution is -1.89. The van der Waals surface area contributed by atoms with E-state index in [1.165, 1.54) is 20.5 Å². The van der Waals surface area contributed by atoms with E-state index in [1.54, 1.807) is 23.7 Å². The molecule has 0 aliphatic rings. The van der Waals surface area contributed by atoms with Crippen LogP contribution >= 0.6 is 11.3 Å². The number of hydrogen-bond donors (Lipinski definition) is 2. The van der Waals surface area contributed by atoms with Crippen LogP contribution in [0, 0.1) is 6.92 Å². The van der Waals surface area contributed by atoms with E-state index in [9.17, 15) is 0 Å². The number of rotatable bonds is 3. The Morgan fingerprint density at radius 1 is 0.784 bits per heavy atom. The number of nitrogens with zero attached hydrogens (tertiary/aromatic N) is 4. The second-order valence-corrected chi connectivity index (χ2v) is 10.3. The zero-order chi connectivity index (χ0) is 25.7. The van der Waals surface area contributed by atoms with Crippen LogP contribution in [0.25, 0.3) is 64.6 Å². The van der Waals surface area contributed by atoms with E-state index in [2.05, 4.69) is 76.2 Å². The van der Waals surface area contributed by atoms with Gasteiger partial charge in [-0.2, -0.15) is 0 Å². The van der Waals surface area contributed by atoms with Crippen LogP contribution in [0.15, 0.2) is 61.1 Å². The van der Waals surface area contributed by atoms with Gasteiger partial charge in [-0.3, -0.25) is 9.97 Å². The molecule has 0 fully saturated rings. The first-order valence-corrected chi connectivity index (χ1v) is 13.5. The van der Waals surface area contributed by atoms with Crippen molar-refractivity contribution in [2.24, 2.45) is 0 Å². The van der Waals surface area contributed by atoms with Crippen molar-refractivity contribution < 1.29 is 0 Å². The number of aryl methyl sites for hydroxylation is 1. The average Bonchev–Trinajstić information content (AvgIpc) is 3.67. The van der Waals surface area contributed by atoms with Crippen LogP contribution in [0.3, 0.4) is 0 Å². The van der Waals surface area contributed by atoms with Gasteiger partial charge in [-0.05, 0) is 41.6 Å². The molecule has 7 heteroatoms. The van der Waals surface area contributed by atoms with Crippen molar-refractivity contribution >= 4 is 54.3 Å². The Bertz CT molecular complexity index is 1910. The minimum absolute atomic E-state index is 0.302. The highest BCUT2D eigenvalue weighted by Gasteiger charge is 2.17. The van der Waals surface area contributed by atoms with E-state index in [0.717, 1.165) is 55.7 Å². The smallest absolute Gasteiger partial charge is 0.115 e. The SMILES string of the molecule is CC.Cc1ncc(-c2cc3ccc(-c4ccc5c(c4)c4nccnc4c4[nH]c(C(C)C)nc54)cc3s2)[nH]1. The first-order valence-electron chi connectivity index (χ1n) is 12.7. The van der Waals surface area contributed by atoms with Gasteiger partial charge in [0.05, 0.1) is 33.3 Å². The van der Waals surface area contributed by atoms with Crippen LogP contribution in [0.1, 0.15) is 45.3 Å². The predicted octanol–water partition coefficient (Wildman–Crippen LogP) is 8.39. The summed E-state index contributed by atoms with van der Waals surface area (Å²) in [5.41, 5.74) is 7.05. The summed E-state index contributed by atoms with van der Waals surface area (Å²) in [7, 11) is 0. The second-order valence-electron chi connectivity index (χ2n) is 9.26. The first-order chi connectivity index (χ1) is 18.0. The summed E-state index contributed by atoms with van der Waals surface area (Å²) < 4.78 is 1.25. The largest absolute Gasteiger partial charge is 0.342 e. The van der Waals surface area contributed by atoms with Crippen molar-refractivity contribution in [2.75, 3.05) is 0 Å². The molecule has 4 aromatic heterocycles. The summed E-state index contributed by atoms with van der Waals surface area (Å²) in [5, 5.41) is 3.39. The number of thiophene rings is 1. The number of nitrogens with one attached hydrogen (secondary N) is 2. The van der Waals surface area contributed by atoms with Crippen molar-refractivity contribution in [2.45, 2.75) is 40.5 Å². The monoisotopic (exact) mass is 504 g/mol. The van der Waals surface area contributed by atoms with Gasteiger partial charge in [-0.15, -0.1) is 11.3 Å². The Hall–Kier alpha value is -4.10. The van der Waals surface area contributed by atoms with E-state index >= 15 is 0 Å². The molecule has 7 aromatic rings. The Balaban J connectivity index is 0.00000123. The molecule has 7 rings (SSSR count). The van der Waals surface area contributed by atoms with Gasteiger partial charge in [0.15, 0.2) is 0 Å². The van der Waals surface area contributed by atoms with Crippen LogP contribution in [0.2, 0.25) is 0 Å². The standard InChI is InChI=1S/C28H22N6S.C2H6/c1-14(2)28-33-25-19-7-6-16(10-20(19)24-26(27(25)34-28)30-9-8-29-24)17-4-5-18-12-23(35-22(18)11-17)21-13-31-15(3)32-21;1-2/h4-14H,1-3H3,(H,31,32)(H,33,34);1-2H3. The third kappa shape index (κ3) is 3.86. The fraction of sp³-hybridized carbons (Fsp3) is 0.200.